The molecular formula is C29H43NO7. The van der Waals surface area contributed by atoms with E-state index in [4.69, 9.17) is 14.2 Å². The molecule has 2 N–H and O–H groups in total. The fourth-order valence-corrected chi connectivity index (χ4v) is 9.34. The lowest BCUT2D eigenvalue weighted by Gasteiger charge is -2.67. The molecule has 5 aliphatic rings. The second-order valence-electron chi connectivity index (χ2n) is 12.9. The summed E-state index contributed by atoms with van der Waals surface area (Å²) in [5, 5.41) is 15.1. The molecule has 0 radical (unpaired) electrons. The first-order chi connectivity index (χ1) is 17.5. The average Bonchev–Trinajstić information content (AvgIpc) is 2.99. The molecule has 0 aromatic carbocycles. The number of nitrogens with one attached hydrogen (secondary N) is 1. The second-order valence-corrected chi connectivity index (χ2v) is 12.9. The van der Waals surface area contributed by atoms with Gasteiger partial charge in [-0.25, -0.2) is 0 Å². The van der Waals surface area contributed by atoms with Gasteiger partial charge in [0.15, 0.2) is 5.78 Å². The van der Waals surface area contributed by atoms with Crippen molar-refractivity contribution in [3.63, 3.8) is 0 Å². The predicted molar refractivity (Wildman–Crippen MR) is 135 cm³/mol. The van der Waals surface area contributed by atoms with Crippen molar-refractivity contribution in [2.75, 3.05) is 20.3 Å². The number of aliphatic hydroxyl groups is 1. The maximum atomic E-state index is 14.3. The number of hydrogen-bond donors (Lipinski definition) is 2. The lowest BCUT2D eigenvalue weighted by Crippen LogP contribution is -2.72. The van der Waals surface area contributed by atoms with Crippen molar-refractivity contribution in [1.29, 1.82) is 0 Å². The number of methoxy groups -OCH3 is 1. The van der Waals surface area contributed by atoms with Gasteiger partial charge in [0, 0.05) is 31.3 Å². The number of rotatable bonds is 5. The Morgan fingerprint density at radius 2 is 1.92 bits per heavy atom. The van der Waals surface area contributed by atoms with Gasteiger partial charge in [-0.05, 0) is 62.0 Å². The molecule has 0 unspecified atom stereocenters. The molecule has 9 atom stereocenters. The van der Waals surface area contributed by atoms with Crippen LogP contribution in [0.3, 0.4) is 0 Å². The van der Waals surface area contributed by atoms with Gasteiger partial charge in [-0.3, -0.25) is 14.4 Å². The van der Waals surface area contributed by atoms with E-state index >= 15 is 0 Å². The summed E-state index contributed by atoms with van der Waals surface area (Å²) < 4.78 is 18.2. The van der Waals surface area contributed by atoms with E-state index < -0.39 is 47.0 Å². The quantitative estimate of drug-likeness (QED) is 0.423. The Balaban J connectivity index is 1.64. The van der Waals surface area contributed by atoms with Gasteiger partial charge in [-0.15, -0.1) is 0 Å². The van der Waals surface area contributed by atoms with Crippen molar-refractivity contribution in [3.05, 3.63) is 12.2 Å². The van der Waals surface area contributed by atoms with E-state index in [2.05, 4.69) is 25.7 Å². The number of fused-ring (bicyclic) bond motifs is 3. The highest BCUT2D eigenvalue weighted by atomic mass is 16.6. The summed E-state index contributed by atoms with van der Waals surface area (Å²) in [4.78, 5) is 39.8. The van der Waals surface area contributed by atoms with Gasteiger partial charge in [0.25, 0.3) is 0 Å². The van der Waals surface area contributed by atoms with Gasteiger partial charge < -0.3 is 24.6 Å². The van der Waals surface area contributed by atoms with Crippen molar-refractivity contribution < 1.29 is 33.7 Å². The molecule has 1 spiro atoms. The van der Waals surface area contributed by atoms with Gasteiger partial charge in [0.2, 0.25) is 0 Å². The van der Waals surface area contributed by atoms with E-state index in [1.54, 1.807) is 7.11 Å². The molecule has 5 rings (SSSR count). The summed E-state index contributed by atoms with van der Waals surface area (Å²) >= 11 is 0. The van der Waals surface area contributed by atoms with Crippen LogP contribution in [-0.2, 0) is 28.6 Å². The SMILES string of the molecule is C=C1C(=O)[C@]23[C@H](OC(=O)[C@@H]4CCCCN4)[C@H]1C[C@H](O)[C@H]2[C@]1(COC(C)=O)CCCC(C)(C)[C@H]1C[C@H]3OC. The second kappa shape index (κ2) is 9.45. The van der Waals surface area contributed by atoms with Gasteiger partial charge >= 0.3 is 11.9 Å². The molecule has 4 saturated carbocycles. The molecule has 8 nitrogen and oxygen atoms in total. The number of piperidine rings is 1. The topological polar surface area (TPSA) is 111 Å². The molecule has 1 heterocycles. The van der Waals surface area contributed by atoms with Crippen molar-refractivity contribution in [2.45, 2.75) is 96.5 Å². The van der Waals surface area contributed by atoms with Crippen LogP contribution < -0.4 is 5.32 Å². The highest BCUT2D eigenvalue weighted by Crippen LogP contribution is 2.72. The van der Waals surface area contributed by atoms with Crippen molar-refractivity contribution >= 4 is 17.7 Å². The highest BCUT2D eigenvalue weighted by molar-refractivity contribution is 6.05. The lowest BCUT2D eigenvalue weighted by atomic mass is 9.39. The Bertz CT molecular complexity index is 971. The Morgan fingerprint density at radius 1 is 1.16 bits per heavy atom. The third-order valence-electron chi connectivity index (χ3n) is 10.7. The molecule has 0 amide bonds. The fraction of sp³-hybridized carbons (Fsp3) is 0.828. The van der Waals surface area contributed by atoms with Crippen LogP contribution in [-0.4, -0.2) is 67.4 Å². The number of Topliss-reactive ketones (excluding diaryl/α,β-unsaturated/α-hetero) is 1. The molecule has 5 fully saturated rings. The van der Waals surface area contributed by atoms with E-state index in [-0.39, 0.29) is 35.7 Å². The Labute approximate surface area is 219 Å². The van der Waals surface area contributed by atoms with E-state index in [1.165, 1.54) is 6.92 Å². The Morgan fingerprint density at radius 3 is 2.57 bits per heavy atom. The van der Waals surface area contributed by atoms with Crippen LogP contribution in [0.1, 0.15) is 72.1 Å². The van der Waals surface area contributed by atoms with E-state index in [0.717, 1.165) is 38.6 Å². The lowest BCUT2D eigenvalue weighted by molar-refractivity contribution is -0.272. The minimum Gasteiger partial charge on any atom is -0.465 e. The van der Waals surface area contributed by atoms with Gasteiger partial charge in [0.05, 0.1) is 18.8 Å². The first kappa shape index (κ1) is 26.8. The van der Waals surface area contributed by atoms with Crippen molar-refractivity contribution in [3.8, 4) is 0 Å². The molecular weight excluding hydrogens is 474 g/mol. The molecule has 1 aliphatic heterocycles. The largest absolute Gasteiger partial charge is 0.465 e. The Kier molecular flexibility index (Phi) is 6.85. The third-order valence-corrected chi connectivity index (χ3v) is 10.7. The monoisotopic (exact) mass is 517 g/mol. The van der Waals surface area contributed by atoms with Crippen LogP contribution in [0.15, 0.2) is 12.2 Å². The maximum Gasteiger partial charge on any atom is 0.323 e. The van der Waals surface area contributed by atoms with Crippen LogP contribution in [0.25, 0.3) is 0 Å². The van der Waals surface area contributed by atoms with Crippen LogP contribution in [0.5, 0.6) is 0 Å². The summed E-state index contributed by atoms with van der Waals surface area (Å²) in [5.74, 6) is -1.87. The summed E-state index contributed by atoms with van der Waals surface area (Å²) in [5.41, 5.74) is -1.60. The molecule has 1 saturated heterocycles. The summed E-state index contributed by atoms with van der Waals surface area (Å²) in [6, 6.07) is -0.404. The fourth-order valence-electron chi connectivity index (χ4n) is 9.34. The first-order valence-electron chi connectivity index (χ1n) is 14.0. The van der Waals surface area contributed by atoms with Crippen LogP contribution >= 0.6 is 0 Å². The number of carbonyl (C=O) groups is 3. The summed E-state index contributed by atoms with van der Waals surface area (Å²) in [6.07, 6.45) is 4.00. The maximum absolute atomic E-state index is 14.3. The van der Waals surface area contributed by atoms with Crippen LogP contribution in [0, 0.1) is 34.0 Å². The smallest absolute Gasteiger partial charge is 0.323 e. The zero-order valence-electron chi connectivity index (χ0n) is 22.7. The number of ether oxygens (including phenoxy) is 3. The minimum atomic E-state index is -1.26. The number of hydrogen-bond acceptors (Lipinski definition) is 8. The molecule has 0 aromatic heterocycles. The van der Waals surface area contributed by atoms with Crippen molar-refractivity contribution in [2.24, 2.45) is 34.0 Å². The van der Waals surface area contributed by atoms with Gasteiger partial charge in [0.1, 0.15) is 17.6 Å². The summed E-state index contributed by atoms with van der Waals surface area (Å²) in [7, 11) is 1.61. The van der Waals surface area contributed by atoms with E-state index in [9.17, 15) is 19.5 Å². The first-order valence-corrected chi connectivity index (χ1v) is 14.0. The molecule has 4 aliphatic carbocycles. The molecule has 37 heavy (non-hydrogen) atoms. The molecule has 8 heteroatoms. The summed E-state index contributed by atoms with van der Waals surface area (Å²) in [6.45, 7) is 10.9. The van der Waals surface area contributed by atoms with Crippen molar-refractivity contribution in [1.82, 2.24) is 5.32 Å². The normalized spacial score (nSPS) is 44.5. The average molecular weight is 518 g/mol. The highest BCUT2D eigenvalue weighted by Gasteiger charge is 2.78. The number of aliphatic hydroxyl groups excluding tert-OH is 1. The molecule has 206 valence electrons. The number of esters is 2. The predicted octanol–water partition coefficient (Wildman–Crippen LogP) is 2.96. The third kappa shape index (κ3) is 3.84. The minimum absolute atomic E-state index is 0.0536. The van der Waals surface area contributed by atoms with Gasteiger partial charge in [-0.1, -0.05) is 33.3 Å². The molecule has 2 bridgehead atoms. The molecule has 0 aromatic rings. The van der Waals surface area contributed by atoms with E-state index in [0.29, 0.717) is 24.8 Å². The van der Waals surface area contributed by atoms with Gasteiger partial charge in [-0.2, -0.15) is 0 Å². The van der Waals surface area contributed by atoms with Crippen LogP contribution in [0.4, 0.5) is 0 Å². The standard InChI is InChI=1S/C29H43NO7/c1-16-18-13-20(32)23-28(15-36-17(2)31)11-8-10-27(3,4)21(28)14-22(35-5)29(23,24(16)33)25(18)37-26(34)19-9-6-7-12-30-19/h18-23,25,30,32H,1,6-15H2,2-5H3/t18-,19-,20-,21+,22+,23-,25+,28-,29+/m0/s1. The Hall–Kier alpha value is -1.77. The van der Waals surface area contributed by atoms with Crippen LogP contribution in [0.2, 0.25) is 0 Å². The number of ketones is 1. The van der Waals surface area contributed by atoms with E-state index in [1.807, 2.05) is 0 Å². The zero-order valence-corrected chi connectivity index (χ0v) is 22.7. The zero-order chi connectivity index (χ0) is 26.8. The number of carbonyl (C=O) groups excluding carboxylic acids is 3.